The fourth-order valence-corrected chi connectivity index (χ4v) is 3.52. The molecule has 0 spiro atoms. The van der Waals surface area contributed by atoms with Gasteiger partial charge in [0.2, 0.25) is 0 Å². The van der Waals surface area contributed by atoms with Gasteiger partial charge in [-0.1, -0.05) is 33.1 Å². The zero-order chi connectivity index (χ0) is 13.1. The van der Waals surface area contributed by atoms with Crippen LogP contribution >= 0.6 is 0 Å². The normalized spacial score (nSPS) is 36.5. The van der Waals surface area contributed by atoms with E-state index in [4.69, 9.17) is 4.74 Å². The summed E-state index contributed by atoms with van der Waals surface area (Å²) in [5.74, 6) is 0. The minimum absolute atomic E-state index is 0.114. The van der Waals surface area contributed by atoms with Crippen molar-refractivity contribution in [3.05, 3.63) is 0 Å². The Kier molecular flexibility index (Phi) is 4.71. The summed E-state index contributed by atoms with van der Waals surface area (Å²) in [5.41, 5.74) is 0.669. The van der Waals surface area contributed by atoms with Crippen molar-refractivity contribution in [3.8, 4) is 0 Å². The molecule has 0 bridgehead atoms. The van der Waals surface area contributed by atoms with Crippen LogP contribution in [0.3, 0.4) is 0 Å². The molecular weight excluding hydrogens is 222 g/mol. The van der Waals surface area contributed by atoms with Crippen molar-refractivity contribution in [3.63, 3.8) is 0 Å². The largest absolute Gasteiger partial charge is 0.375 e. The zero-order valence-corrected chi connectivity index (χ0v) is 12.6. The molecule has 18 heavy (non-hydrogen) atoms. The lowest BCUT2D eigenvalue weighted by molar-refractivity contribution is -0.0790. The van der Waals surface area contributed by atoms with Crippen molar-refractivity contribution < 1.29 is 4.74 Å². The Bertz CT molecular complexity index is 260. The fourth-order valence-electron chi connectivity index (χ4n) is 3.52. The Morgan fingerprint density at radius 2 is 1.89 bits per heavy atom. The first-order chi connectivity index (χ1) is 8.55. The Morgan fingerprint density at radius 3 is 2.56 bits per heavy atom. The number of rotatable bonds is 4. The molecule has 0 aromatic carbocycles. The van der Waals surface area contributed by atoms with Gasteiger partial charge < -0.3 is 10.1 Å². The van der Waals surface area contributed by atoms with Crippen LogP contribution in [-0.4, -0.2) is 24.8 Å². The lowest BCUT2D eigenvalue weighted by Gasteiger charge is -2.41. The number of hydrogen-bond acceptors (Lipinski definition) is 2. The van der Waals surface area contributed by atoms with E-state index in [0.29, 0.717) is 11.5 Å². The van der Waals surface area contributed by atoms with E-state index in [9.17, 15) is 0 Å². The molecule has 2 fully saturated rings. The van der Waals surface area contributed by atoms with Crippen LogP contribution in [0.15, 0.2) is 0 Å². The molecular formula is C16H31NO. The number of hydrogen-bond donors (Lipinski definition) is 1. The molecule has 2 rings (SSSR count). The third-order valence-corrected chi connectivity index (χ3v) is 5.22. The van der Waals surface area contributed by atoms with Crippen molar-refractivity contribution in [2.24, 2.45) is 5.41 Å². The van der Waals surface area contributed by atoms with Crippen LogP contribution in [0.2, 0.25) is 0 Å². The third kappa shape index (κ3) is 3.71. The summed E-state index contributed by atoms with van der Waals surface area (Å²) in [5, 5.41) is 3.84. The van der Waals surface area contributed by atoms with Gasteiger partial charge in [-0.25, -0.2) is 0 Å². The molecule has 0 aromatic heterocycles. The second-order valence-corrected chi connectivity index (χ2v) is 7.09. The van der Waals surface area contributed by atoms with Crippen LogP contribution in [-0.2, 0) is 4.74 Å². The quantitative estimate of drug-likeness (QED) is 0.820. The van der Waals surface area contributed by atoms with Crippen molar-refractivity contribution >= 4 is 0 Å². The van der Waals surface area contributed by atoms with Gasteiger partial charge >= 0.3 is 0 Å². The van der Waals surface area contributed by atoms with Crippen molar-refractivity contribution in [1.29, 1.82) is 0 Å². The molecule has 0 radical (unpaired) electrons. The summed E-state index contributed by atoms with van der Waals surface area (Å²) >= 11 is 0. The summed E-state index contributed by atoms with van der Waals surface area (Å²) in [7, 11) is 0. The maximum absolute atomic E-state index is 5.92. The van der Waals surface area contributed by atoms with Crippen LogP contribution < -0.4 is 5.32 Å². The molecule has 2 aliphatic rings. The molecule has 1 heterocycles. The topological polar surface area (TPSA) is 21.3 Å². The number of ether oxygens (including phenoxy) is 1. The molecule has 1 saturated heterocycles. The van der Waals surface area contributed by atoms with E-state index >= 15 is 0 Å². The first-order valence-corrected chi connectivity index (χ1v) is 7.93. The zero-order valence-electron chi connectivity index (χ0n) is 12.6. The molecule has 2 unspecified atom stereocenters. The molecule has 0 amide bonds. The van der Waals surface area contributed by atoms with Crippen LogP contribution in [0.1, 0.15) is 72.1 Å². The van der Waals surface area contributed by atoms with E-state index < -0.39 is 0 Å². The number of nitrogens with one attached hydrogen (secondary N) is 1. The average molecular weight is 253 g/mol. The van der Waals surface area contributed by atoms with Gasteiger partial charge in [-0.15, -0.1) is 0 Å². The molecule has 1 N–H and O–H groups in total. The Balaban J connectivity index is 1.79. The van der Waals surface area contributed by atoms with E-state index in [1.54, 1.807) is 0 Å². The van der Waals surface area contributed by atoms with Crippen molar-refractivity contribution in [2.45, 2.75) is 83.8 Å². The van der Waals surface area contributed by atoms with Gasteiger partial charge in [0.1, 0.15) is 0 Å². The van der Waals surface area contributed by atoms with Gasteiger partial charge in [0.05, 0.1) is 5.60 Å². The summed E-state index contributed by atoms with van der Waals surface area (Å²) in [6, 6.07) is 0.669. The van der Waals surface area contributed by atoms with Crippen LogP contribution in [0.4, 0.5) is 0 Å². The maximum atomic E-state index is 5.92. The van der Waals surface area contributed by atoms with Gasteiger partial charge in [0.25, 0.3) is 0 Å². The molecule has 2 atom stereocenters. The molecule has 106 valence electrons. The van der Waals surface area contributed by atoms with E-state index in [1.165, 1.54) is 51.5 Å². The molecule has 0 aromatic rings. The standard InChI is InChI=1S/C16H31NO/c1-4-16(3)12-14(8-11-18-16)17-13-15(2)9-6-5-7-10-15/h14,17H,4-13H2,1-3H3. The van der Waals surface area contributed by atoms with Gasteiger partial charge in [-0.05, 0) is 44.4 Å². The minimum Gasteiger partial charge on any atom is -0.375 e. The van der Waals surface area contributed by atoms with Gasteiger partial charge in [0, 0.05) is 19.2 Å². The van der Waals surface area contributed by atoms with E-state index in [0.717, 1.165) is 13.0 Å². The van der Waals surface area contributed by atoms with Crippen molar-refractivity contribution in [1.82, 2.24) is 5.32 Å². The Labute approximate surface area is 113 Å². The maximum Gasteiger partial charge on any atom is 0.0666 e. The average Bonchev–Trinajstić information content (AvgIpc) is 2.38. The van der Waals surface area contributed by atoms with Crippen LogP contribution in [0.5, 0.6) is 0 Å². The molecule has 2 heteroatoms. The Hall–Kier alpha value is -0.0800. The highest BCUT2D eigenvalue weighted by atomic mass is 16.5. The van der Waals surface area contributed by atoms with Gasteiger partial charge in [-0.3, -0.25) is 0 Å². The first-order valence-electron chi connectivity index (χ1n) is 7.93. The highest BCUT2D eigenvalue weighted by molar-refractivity contribution is 4.88. The van der Waals surface area contributed by atoms with Crippen molar-refractivity contribution in [2.75, 3.05) is 13.2 Å². The molecule has 2 nitrogen and oxygen atoms in total. The van der Waals surface area contributed by atoms with Crippen LogP contribution in [0.25, 0.3) is 0 Å². The van der Waals surface area contributed by atoms with Gasteiger partial charge in [-0.2, -0.15) is 0 Å². The Morgan fingerprint density at radius 1 is 1.17 bits per heavy atom. The summed E-state index contributed by atoms with van der Waals surface area (Å²) in [6.07, 6.45) is 10.6. The van der Waals surface area contributed by atoms with E-state index in [1.807, 2.05) is 0 Å². The molecule has 1 aliphatic heterocycles. The smallest absolute Gasteiger partial charge is 0.0666 e. The lowest BCUT2D eigenvalue weighted by atomic mass is 9.75. The van der Waals surface area contributed by atoms with Crippen LogP contribution in [0, 0.1) is 5.41 Å². The second-order valence-electron chi connectivity index (χ2n) is 7.09. The predicted octanol–water partition coefficient (Wildman–Crippen LogP) is 3.89. The minimum atomic E-state index is 0.114. The van der Waals surface area contributed by atoms with E-state index in [-0.39, 0.29) is 5.60 Å². The molecule has 1 saturated carbocycles. The lowest BCUT2D eigenvalue weighted by Crippen LogP contribution is -2.47. The highest BCUT2D eigenvalue weighted by Gasteiger charge is 2.33. The highest BCUT2D eigenvalue weighted by Crippen LogP contribution is 2.35. The monoisotopic (exact) mass is 253 g/mol. The second kappa shape index (κ2) is 5.92. The fraction of sp³-hybridized carbons (Fsp3) is 1.00. The summed E-state index contributed by atoms with van der Waals surface area (Å²) in [6.45, 7) is 9.11. The first kappa shape index (κ1) is 14.3. The third-order valence-electron chi connectivity index (χ3n) is 5.22. The van der Waals surface area contributed by atoms with Gasteiger partial charge in [0.15, 0.2) is 0 Å². The molecule has 1 aliphatic carbocycles. The van der Waals surface area contributed by atoms with E-state index in [2.05, 4.69) is 26.1 Å². The summed E-state index contributed by atoms with van der Waals surface area (Å²) < 4.78 is 5.92. The summed E-state index contributed by atoms with van der Waals surface area (Å²) in [4.78, 5) is 0. The SMILES string of the molecule is CCC1(C)CC(NCC2(C)CCCCC2)CCO1. The predicted molar refractivity (Wildman–Crippen MR) is 76.9 cm³/mol.